The van der Waals surface area contributed by atoms with Gasteiger partial charge in [0.1, 0.15) is 0 Å². The highest BCUT2D eigenvalue weighted by Crippen LogP contribution is 2.21. The van der Waals surface area contributed by atoms with Gasteiger partial charge in [-0.15, -0.1) is 0 Å². The maximum Gasteiger partial charge on any atom is 0.390 e. The second-order valence-corrected chi connectivity index (χ2v) is 4.52. The van der Waals surface area contributed by atoms with Crippen molar-refractivity contribution in [3.8, 4) is 0 Å². The van der Waals surface area contributed by atoms with Gasteiger partial charge in [-0.3, -0.25) is 0 Å². The highest BCUT2D eigenvalue weighted by Gasteiger charge is 2.29. The molecule has 0 fully saturated rings. The highest BCUT2D eigenvalue weighted by atomic mass is 19.4. The van der Waals surface area contributed by atoms with E-state index in [0.29, 0.717) is 6.54 Å². The van der Waals surface area contributed by atoms with Crippen LogP contribution in [0.4, 0.5) is 18.9 Å². The number of nitrogens with two attached hydrogens (primary N) is 1. The van der Waals surface area contributed by atoms with Crippen molar-refractivity contribution < 1.29 is 13.2 Å². The highest BCUT2D eigenvalue weighted by molar-refractivity contribution is 5.39. The third kappa shape index (κ3) is 6.49. The molecule has 1 aromatic carbocycles. The van der Waals surface area contributed by atoms with Crippen molar-refractivity contribution in [2.45, 2.75) is 38.4 Å². The molecule has 0 amide bonds. The van der Waals surface area contributed by atoms with Crippen LogP contribution in [-0.4, -0.2) is 18.8 Å². The van der Waals surface area contributed by atoms with Gasteiger partial charge in [0.15, 0.2) is 0 Å². The fourth-order valence-corrected chi connectivity index (χ4v) is 1.74. The fraction of sp³-hybridized carbons (Fsp3) is 0.538. The van der Waals surface area contributed by atoms with E-state index in [9.17, 15) is 13.2 Å². The molecule has 1 rings (SSSR count). The van der Waals surface area contributed by atoms with E-state index in [0.717, 1.165) is 24.1 Å². The van der Waals surface area contributed by atoms with Crippen LogP contribution >= 0.6 is 0 Å². The summed E-state index contributed by atoms with van der Waals surface area (Å²) in [5.74, 6) is 0. The van der Waals surface area contributed by atoms with Gasteiger partial charge in [0.2, 0.25) is 0 Å². The summed E-state index contributed by atoms with van der Waals surface area (Å²) < 4.78 is 36.2. The van der Waals surface area contributed by atoms with Crippen molar-refractivity contribution in [2.24, 2.45) is 0 Å². The summed E-state index contributed by atoms with van der Waals surface area (Å²) in [5, 5.41) is 2.88. The van der Waals surface area contributed by atoms with Gasteiger partial charge in [-0.05, 0) is 44.0 Å². The largest absolute Gasteiger partial charge is 0.399 e. The van der Waals surface area contributed by atoms with Crippen LogP contribution in [0.3, 0.4) is 0 Å². The first kappa shape index (κ1) is 14.8. The molecule has 0 saturated heterocycles. The number of halogens is 3. The minimum atomic E-state index is -4.09. The van der Waals surface area contributed by atoms with E-state index in [1.807, 2.05) is 24.3 Å². The van der Waals surface area contributed by atoms with Crippen LogP contribution in [0.15, 0.2) is 24.3 Å². The Balaban J connectivity index is 2.17. The van der Waals surface area contributed by atoms with Crippen LogP contribution in [-0.2, 0) is 6.42 Å². The monoisotopic (exact) mass is 260 g/mol. The van der Waals surface area contributed by atoms with Crippen LogP contribution in [0.5, 0.6) is 0 Å². The van der Waals surface area contributed by atoms with E-state index in [1.54, 1.807) is 6.92 Å². The molecule has 0 saturated carbocycles. The van der Waals surface area contributed by atoms with E-state index in [2.05, 4.69) is 5.32 Å². The van der Waals surface area contributed by atoms with Crippen LogP contribution in [0, 0.1) is 0 Å². The SMILES string of the molecule is CC(CC(F)(F)F)NCCCc1ccc(N)cc1. The molecule has 3 N–H and O–H groups in total. The molecule has 5 heteroatoms. The summed E-state index contributed by atoms with van der Waals surface area (Å²) in [6.45, 7) is 2.14. The zero-order chi connectivity index (χ0) is 13.6. The Morgan fingerprint density at radius 1 is 1.22 bits per heavy atom. The summed E-state index contributed by atoms with van der Waals surface area (Å²) >= 11 is 0. The number of hydrogen-bond donors (Lipinski definition) is 2. The van der Waals surface area contributed by atoms with Gasteiger partial charge < -0.3 is 11.1 Å². The Morgan fingerprint density at radius 3 is 2.39 bits per heavy atom. The molecule has 0 aromatic heterocycles. The standard InChI is InChI=1S/C13H19F3N2/c1-10(9-13(14,15)16)18-8-2-3-11-4-6-12(17)7-5-11/h4-7,10,18H,2-3,8-9,17H2,1H3. The Morgan fingerprint density at radius 2 is 1.83 bits per heavy atom. The number of benzene rings is 1. The average Bonchev–Trinajstić information content (AvgIpc) is 2.24. The first-order valence-corrected chi connectivity index (χ1v) is 6.01. The minimum absolute atomic E-state index is 0.531. The van der Waals surface area contributed by atoms with E-state index in [1.165, 1.54) is 0 Å². The summed E-state index contributed by atoms with van der Waals surface area (Å²) in [4.78, 5) is 0. The molecule has 18 heavy (non-hydrogen) atoms. The maximum atomic E-state index is 12.1. The smallest absolute Gasteiger partial charge is 0.390 e. The van der Waals surface area contributed by atoms with Crippen molar-refractivity contribution >= 4 is 5.69 Å². The van der Waals surface area contributed by atoms with Crippen molar-refractivity contribution in [3.63, 3.8) is 0 Å². The van der Waals surface area contributed by atoms with Gasteiger partial charge >= 0.3 is 6.18 Å². The predicted octanol–water partition coefficient (Wildman–Crippen LogP) is 3.13. The van der Waals surface area contributed by atoms with E-state index < -0.39 is 18.6 Å². The molecule has 0 aliphatic heterocycles. The Kier molecular flexibility index (Phi) is 5.47. The second kappa shape index (κ2) is 6.64. The Hall–Kier alpha value is -1.23. The zero-order valence-corrected chi connectivity index (χ0v) is 10.4. The van der Waals surface area contributed by atoms with Crippen molar-refractivity contribution in [1.82, 2.24) is 5.32 Å². The summed E-state index contributed by atoms with van der Waals surface area (Å²) in [7, 11) is 0. The molecule has 0 bridgehead atoms. The Bertz CT molecular complexity index is 346. The van der Waals surface area contributed by atoms with Gasteiger partial charge in [-0.25, -0.2) is 0 Å². The molecular formula is C13H19F3N2. The number of aryl methyl sites for hydroxylation is 1. The lowest BCUT2D eigenvalue weighted by Crippen LogP contribution is -2.32. The quantitative estimate of drug-likeness (QED) is 0.609. The third-order valence-electron chi connectivity index (χ3n) is 2.65. The molecule has 0 heterocycles. The normalized spacial score (nSPS) is 13.6. The molecule has 1 aromatic rings. The molecule has 1 unspecified atom stereocenters. The van der Waals surface area contributed by atoms with Crippen LogP contribution in [0.2, 0.25) is 0 Å². The lowest BCUT2D eigenvalue weighted by atomic mass is 10.1. The average molecular weight is 260 g/mol. The molecule has 0 aliphatic rings. The van der Waals surface area contributed by atoms with Gasteiger partial charge in [-0.2, -0.15) is 13.2 Å². The fourth-order valence-electron chi connectivity index (χ4n) is 1.74. The number of rotatable bonds is 6. The first-order valence-electron chi connectivity index (χ1n) is 6.01. The van der Waals surface area contributed by atoms with Crippen LogP contribution in [0.1, 0.15) is 25.3 Å². The number of nitrogens with one attached hydrogen (secondary N) is 1. The predicted molar refractivity (Wildman–Crippen MR) is 67.3 cm³/mol. The van der Waals surface area contributed by atoms with Crippen LogP contribution < -0.4 is 11.1 Å². The number of nitrogen functional groups attached to an aromatic ring is 1. The van der Waals surface area contributed by atoms with Crippen molar-refractivity contribution in [1.29, 1.82) is 0 Å². The van der Waals surface area contributed by atoms with E-state index >= 15 is 0 Å². The molecule has 0 spiro atoms. The van der Waals surface area contributed by atoms with Crippen LogP contribution in [0.25, 0.3) is 0 Å². The lowest BCUT2D eigenvalue weighted by Gasteiger charge is -2.15. The van der Waals surface area contributed by atoms with E-state index in [4.69, 9.17) is 5.73 Å². The molecule has 102 valence electrons. The number of alkyl halides is 3. The van der Waals surface area contributed by atoms with Gasteiger partial charge in [0, 0.05) is 11.7 Å². The molecule has 0 radical (unpaired) electrons. The third-order valence-corrected chi connectivity index (χ3v) is 2.65. The maximum absolute atomic E-state index is 12.1. The molecule has 2 nitrogen and oxygen atoms in total. The summed E-state index contributed by atoms with van der Waals surface area (Å²) in [5.41, 5.74) is 7.43. The molecular weight excluding hydrogens is 241 g/mol. The summed E-state index contributed by atoms with van der Waals surface area (Å²) in [6.07, 6.45) is -3.23. The number of anilines is 1. The molecule has 0 aliphatic carbocycles. The van der Waals surface area contributed by atoms with E-state index in [-0.39, 0.29) is 0 Å². The van der Waals surface area contributed by atoms with Crippen molar-refractivity contribution in [2.75, 3.05) is 12.3 Å². The van der Waals surface area contributed by atoms with Gasteiger partial charge in [-0.1, -0.05) is 12.1 Å². The minimum Gasteiger partial charge on any atom is -0.399 e. The topological polar surface area (TPSA) is 38.0 Å². The van der Waals surface area contributed by atoms with Crippen molar-refractivity contribution in [3.05, 3.63) is 29.8 Å². The van der Waals surface area contributed by atoms with Gasteiger partial charge in [0.05, 0.1) is 6.42 Å². The van der Waals surface area contributed by atoms with Gasteiger partial charge in [0.25, 0.3) is 0 Å². The second-order valence-electron chi connectivity index (χ2n) is 4.52. The summed E-state index contributed by atoms with van der Waals surface area (Å²) in [6, 6.07) is 7.00. The zero-order valence-electron chi connectivity index (χ0n) is 10.4. The lowest BCUT2D eigenvalue weighted by molar-refractivity contribution is -0.139. The Labute approximate surface area is 105 Å². The first-order chi connectivity index (χ1) is 8.37. The molecule has 1 atom stereocenters. The number of hydrogen-bond acceptors (Lipinski definition) is 2.